The second-order valence-electron chi connectivity index (χ2n) is 4.21. The summed E-state index contributed by atoms with van der Waals surface area (Å²) in [6.45, 7) is 1.63. The molecule has 1 aromatic rings. The first-order valence-corrected chi connectivity index (χ1v) is 7.33. The van der Waals surface area contributed by atoms with Crippen LogP contribution in [0, 0.1) is 17.1 Å². The van der Waals surface area contributed by atoms with Crippen LogP contribution >= 0.6 is 0 Å². The first kappa shape index (κ1) is 15.6. The Bertz CT molecular complexity index is 579. The normalized spacial score (nSPS) is 12.9. The first-order chi connectivity index (χ1) is 8.84. The molecule has 5 nitrogen and oxygen atoms in total. The molecule has 0 heterocycles. The summed E-state index contributed by atoms with van der Waals surface area (Å²) < 4.78 is 39.1. The van der Waals surface area contributed by atoms with E-state index in [9.17, 15) is 12.8 Å². The van der Waals surface area contributed by atoms with Crippen LogP contribution in [0.25, 0.3) is 0 Å². The number of hydrogen-bond acceptors (Lipinski definition) is 4. The second kappa shape index (κ2) is 6.61. The fraction of sp³-hybridized carbons (Fsp3) is 0.417. The van der Waals surface area contributed by atoms with Crippen LogP contribution in [0.5, 0.6) is 0 Å². The molecule has 0 aliphatic heterocycles. The fourth-order valence-electron chi connectivity index (χ4n) is 1.43. The van der Waals surface area contributed by atoms with Crippen molar-refractivity contribution in [2.45, 2.75) is 25.2 Å². The van der Waals surface area contributed by atoms with Crippen molar-refractivity contribution in [2.75, 3.05) is 6.54 Å². The second-order valence-corrected chi connectivity index (χ2v) is 6.02. The number of hydrogen-bond donors (Lipinski definition) is 2. The molecule has 104 valence electrons. The van der Waals surface area contributed by atoms with Crippen LogP contribution in [0.4, 0.5) is 4.39 Å². The number of rotatable bonds is 6. The molecule has 1 atom stereocenters. The molecule has 1 unspecified atom stereocenters. The monoisotopic (exact) mass is 286 g/mol. The van der Waals surface area contributed by atoms with Gasteiger partial charge in [-0.15, -0.1) is 0 Å². The lowest BCUT2D eigenvalue weighted by Gasteiger charge is -2.08. The number of benzene rings is 1. The third kappa shape index (κ3) is 5.34. The Balaban J connectivity index is 2.75. The predicted octanol–water partition coefficient (Wildman–Crippen LogP) is 0.888. The predicted molar refractivity (Wildman–Crippen MR) is 68.0 cm³/mol. The van der Waals surface area contributed by atoms with Crippen LogP contribution in [0.15, 0.2) is 18.2 Å². The quantitative estimate of drug-likeness (QED) is 0.812. The van der Waals surface area contributed by atoms with Crippen LogP contribution in [0.3, 0.4) is 0 Å². The third-order valence-corrected chi connectivity index (χ3v) is 3.74. The molecule has 0 saturated heterocycles. The van der Waals surface area contributed by atoms with Gasteiger partial charge in [-0.05, 0) is 31.5 Å². The van der Waals surface area contributed by atoms with Crippen molar-refractivity contribution in [3.63, 3.8) is 0 Å². The van der Waals surface area contributed by atoms with E-state index in [0.717, 1.165) is 6.07 Å². The average Bonchev–Trinajstić information content (AvgIpc) is 2.31. The molecule has 0 aliphatic carbocycles. The maximum absolute atomic E-state index is 13.4. The van der Waals surface area contributed by atoms with Gasteiger partial charge in [0.2, 0.25) is 10.0 Å². The Morgan fingerprint density at radius 3 is 2.79 bits per heavy atom. The average molecular weight is 286 g/mol. The lowest BCUT2D eigenvalue weighted by atomic mass is 10.1. The molecule has 2 N–H and O–H groups in total. The van der Waals surface area contributed by atoms with Gasteiger partial charge in [0.1, 0.15) is 5.82 Å². The molecule has 0 aromatic heterocycles. The van der Waals surface area contributed by atoms with Gasteiger partial charge in [0, 0.05) is 12.1 Å². The summed E-state index contributed by atoms with van der Waals surface area (Å²) in [5.41, 5.74) is 0.152. The van der Waals surface area contributed by atoms with Gasteiger partial charge < -0.3 is 5.11 Å². The van der Waals surface area contributed by atoms with Crippen molar-refractivity contribution in [2.24, 2.45) is 0 Å². The van der Waals surface area contributed by atoms with Gasteiger partial charge in [0.05, 0.1) is 23.5 Å². The molecule has 0 amide bonds. The molecular formula is C12H15FN2O3S. The largest absolute Gasteiger partial charge is 0.393 e. The zero-order valence-electron chi connectivity index (χ0n) is 10.4. The minimum absolute atomic E-state index is 0.0522. The van der Waals surface area contributed by atoms with Crippen molar-refractivity contribution in [3.05, 3.63) is 35.1 Å². The summed E-state index contributed by atoms with van der Waals surface area (Å²) in [7, 11) is -3.69. The summed E-state index contributed by atoms with van der Waals surface area (Å²) >= 11 is 0. The van der Waals surface area contributed by atoms with Gasteiger partial charge in [-0.1, -0.05) is 0 Å². The van der Waals surface area contributed by atoms with E-state index < -0.39 is 27.7 Å². The number of sulfonamides is 1. The maximum Gasteiger partial charge on any atom is 0.215 e. The van der Waals surface area contributed by atoms with Crippen LogP contribution in [-0.4, -0.2) is 26.2 Å². The molecule has 7 heteroatoms. The number of halogens is 1. The van der Waals surface area contributed by atoms with Crippen molar-refractivity contribution in [1.29, 1.82) is 5.26 Å². The van der Waals surface area contributed by atoms with Gasteiger partial charge in [-0.2, -0.15) is 5.26 Å². The summed E-state index contributed by atoms with van der Waals surface area (Å²) in [5.74, 6) is -1.20. The standard InChI is InChI=1S/C12H15FN2O3S/c1-9(16)4-5-15-19(17,18)8-11-6-10(7-14)2-3-12(11)13/h2-3,6,9,15-16H,4-5,8H2,1H3. The molecule has 0 saturated carbocycles. The maximum atomic E-state index is 13.4. The van der Waals surface area contributed by atoms with Crippen LogP contribution in [0.2, 0.25) is 0 Å². The number of aliphatic hydroxyl groups excluding tert-OH is 1. The summed E-state index contributed by atoms with van der Waals surface area (Å²) in [6.07, 6.45) is -0.332. The van der Waals surface area contributed by atoms with Crippen molar-refractivity contribution in [1.82, 2.24) is 4.72 Å². The zero-order chi connectivity index (χ0) is 14.5. The van der Waals surface area contributed by atoms with Crippen LogP contribution < -0.4 is 4.72 Å². The molecule has 19 heavy (non-hydrogen) atoms. The third-order valence-electron chi connectivity index (χ3n) is 2.40. The van der Waals surface area contributed by atoms with E-state index in [0.29, 0.717) is 0 Å². The Kier molecular flexibility index (Phi) is 5.42. The Morgan fingerprint density at radius 2 is 2.21 bits per heavy atom. The van der Waals surface area contributed by atoms with Crippen molar-refractivity contribution >= 4 is 10.0 Å². The highest BCUT2D eigenvalue weighted by Gasteiger charge is 2.15. The summed E-state index contributed by atoms with van der Waals surface area (Å²) in [4.78, 5) is 0. The fourth-order valence-corrected chi connectivity index (χ4v) is 2.60. The highest BCUT2D eigenvalue weighted by molar-refractivity contribution is 7.88. The molecule has 0 aliphatic rings. The molecule has 0 radical (unpaired) electrons. The molecular weight excluding hydrogens is 271 g/mol. The van der Waals surface area contributed by atoms with E-state index in [1.165, 1.54) is 12.1 Å². The molecule has 1 rings (SSSR count). The topological polar surface area (TPSA) is 90.2 Å². The van der Waals surface area contributed by atoms with Crippen molar-refractivity contribution in [3.8, 4) is 6.07 Å². The van der Waals surface area contributed by atoms with E-state index in [1.807, 2.05) is 6.07 Å². The molecule has 0 spiro atoms. The van der Waals surface area contributed by atoms with E-state index in [4.69, 9.17) is 10.4 Å². The van der Waals surface area contributed by atoms with Gasteiger partial charge in [0.15, 0.2) is 0 Å². The number of aliphatic hydroxyl groups is 1. The van der Waals surface area contributed by atoms with Crippen molar-refractivity contribution < 1.29 is 17.9 Å². The molecule has 1 aromatic carbocycles. The number of nitrogens with zero attached hydrogens (tertiary/aromatic N) is 1. The van der Waals surface area contributed by atoms with E-state index >= 15 is 0 Å². The van der Waals surface area contributed by atoms with Gasteiger partial charge >= 0.3 is 0 Å². The summed E-state index contributed by atoms with van der Waals surface area (Å²) in [6, 6.07) is 5.39. The SMILES string of the molecule is CC(O)CCNS(=O)(=O)Cc1cc(C#N)ccc1F. The number of nitriles is 1. The van der Waals surface area contributed by atoms with E-state index in [1.54, 1.807) is 6.92 Å². The number of nitrogens with one attached hydrogen (secondary N) is 1. The van der Waals surface area contributed by atoms with Crippen LogP contribution in [-0.2, 0) is 15.8 Å². The minimum Gasteiger partial charge on any atom is -0.393 e. The minimum atomic E-state index is -3.69. The van der Waals surface area contributed by atoms with E-state index in [2.05, 4.69) is 4.72 Å². The van der Waals surface area contributed by atoms with Crippen LogP contribution in [0.1, 0.15) is 24.5 Å². The Morgan fingerprint density at radius 1 is 1.53 bits per heavy atom. The first-order valence-electron chi connectivity index (χ1n) is 5.68. The highest BCUT2D eigenvalue weighted by atomic mass is 32.2. The lowest BCUT2D eigenvalue weighted by Crippen LogP contribution is -2.28. The van der Waals surface area contributed by atoms with Gasteiger partial charge in [0.25, 0.3) is 0 Å². The Labute approximate surface area is 111 Å². The van der Waals surface area contributed by atoms with Gasteiger partial charge in [-0.25, -0.2) is 17.5 Å². The van der Waals surface area contributed by atoms with Gasteiger partial charge in [-0.3, -0.25) is 0 Å². The molecule has 0 fully saturated rings. The zero-order valence-corrected chi connectivity index (χ0v) is 11.2. The Hall–Kier alpha value is -1.49. The highest BCUT2D eigenvalue weighted by Crippen LogP contribution is 2.13. The molecule has 0 bridgehead atoms. The summed E-state index contributed by atoms with van der Waals surface area (Å²) in [5, 5.41) is 17.7. The lowest BCUT2D eigenvalue weighted by molar-refractivity contribution is 0.186. The smallest absolute Gasteiger partial charge is 0.215 e. The van der Waals surface area contributed by atoms with E-state index in [-0.39, 0.29) is 24.1 Å².